The lowest BCUT2D eigenvalue weighted by Gasteiger charge is -2.39. The summed E-state index contributed by atoms with van der Waals surface area (Å²) in [4.78, 5) is 16.3. The van der Waals surface area contributed by atoms with E-state index in [-0.39, 0.29) is 12.6 Å². The first kappa shape index (κ1) is 21.3. The number of hydrogen-bond acceptors (Lipinski definition) is 8. The van der Waals surface area contributed by atoms with Crippen LogP contribution in [0.3, 0.4) is 0 Å². The number of esters is 1. The van der Waals surface area contributed by atoms with Gasteiger partial charge in [0.1, 0.15) is 0 Å². The van der Waals surface area contributed by atoms with E-state index in [4.69, 9.17) is 9.47 Å². The highest BCUT2D eigenvalue weighted by Gasteiger charge is 2.28. The van der Waals surface area contributed by atoms with Gasteiger partial charge < -0.3 is 14.4 Å². The van der Waals surface area contributed by atoms with Crippen molar-refractivity contribution in [2.75, 3.05) is 44.3 Å². The number of carbonyl (C=O) groups excluding carboxylic acids is 1. The SMILES string of the molecule is CCOC(=O)COc1nsnc1N1CCN(C(c2ccccc2)c2ccccc2)CC1. The molecule has 162 valence electrons. The van der Waals surface area contributed by atoms with Gasteiger partial charge in [-0.2, -0.15) is 4.37 Å². The standard InChI is InChI=1S/C23H26N4O3S/c1-2-29-20(28)17-30-23-22(24-31-25-23)27-15-13-26(14-16-27)21(18-9-5-3-6-10-18)19-11-7-4-8-12-19/h3-12,21H,2,13-17H2,1H3. The lowest BCUT2D eigenvalue weighted by Crippen LogP contribution is -2.48. The minimum absolute atomic E-state index is 0.156. The summed E-state index contributed by atoms with van der Waals surface area (Å²) in [5, 5.41) is 0. The molecular formula is C23H26N4O3S. The number of benzene rings is 2. The first-order valence-corrected chi connectivity index (χ1v) is 11.2. The molecule has 4 rings (SSSR count). The topological polar surface area (TPSA) is 67.8 Å². The quantitative estimate of drug-likeness (QED) is 0.500. The summed E-state index contributed by atoms with van der Waals surface area (Å²) in [5.74, 6) is 0.693. The van der Waals surface area contributed by atoms with Crippen molar-refractivity contribution >= 4 is 23.5 Å². The fraction of sp³-hybridized carbons (Fsp3) is 0.348. The first-order chi connectivity index (χ1) is 15.3. The third kappa shape index (κ3) is 5.21. The van der Waals surface area contributed by atoms with Crippen LogP contribution in [-0.4, -0.2) is 59.0 Å². The lowest BCUT2D eigenvalue weighted by atomic mass is 9.96. The van der Waals surface area contributed by atoms with E-state index >= 15 is 0 Å². The summed E-state index contributed by atoms with van der Waals surface area (Å²) in [6, 6.07) is 21.4. The second-order valence-corrected chi connectivity index (χ2v) is 7.76. The summed E-state index contributed by atoms with van der Waals surface area (Å²) in [7, 11) is 0. The van der Waals surface area contributed by atoms with Crippen molar-refractivity contribution in [3.05, 3.63) is 71.8 Å². The first-order valence-electron chi connectivity index (χ1n) is 10.5. The Bertz CT molecular complexity index is 920. The molecule has 7 nitrogen and oxygen atoms in total. The van der Waals surface area contributed by atoms with Gasteiger partial charge in [0.2, 0.25) is 5.82 Å². The normalized spacial score (nSPS) is 14.6. The van der Waals surface area contributed by atoms with Gasteiger partial charge in [-0.05, 0) is 18.1 Å². The van der Waals surface area contributed by atoms with Crippen LogP contribution < -0.4 is 9.64 Å². The largest absolute Gasteiger partial charge is 0.463 e. The molecule has 3 aromatic rings. The molecule has 0 bridgehead atoms. The molecule has 1 fully saturated rings. The van der Waals surface area contributed by atoms with E-state index in [1.807, 2.05) is 0 Å². The molecule has 1 saturated heterocycles. The van der Waals surface area contributed by atoms with Crippen molar-refractivity contribution in [3.8, 4) is 5.88 Å². The molecule has 1 aliphatic rings. The van der Waals surface area contributed by atoms with Crippen LogP contribution in [0.5, 0.6) is 5.88 Å². The molecule has 1 aromatic heterocycles. The summed E-state index contributed by atoms with van der Waals surface area (Å²) >= 11 is 1.09. The number of carbonyl (C=O) groups is 1. The molecule has 0 amide bonds. The summed E-state index contributed by atoms with van der Waals surface area (Å²) in [6.07, 6.45) is 0. The molecule has 0 spiro atoms. The van der Waals surface area contributed by atoms with Gasteiger partial charge >= 0.3 is 5.97 Å². The monoisotopic (exact) mass is 438 g/mol. The smallest absolute Gasteiger partial charge is 0.344 e. The molecule has 8 heteroatoms. The number of anilines is 1. The van der Waals surface area contributed by atoms with Crippen molar-refractivity contribution in [2.24, 2.45) is 0 Å². The molecule has 0 atom stereocenters. The van der Waals surface area contributed by atoms with E-state index in [1.165, 1.54) is 11.1 Å². The van der Waals surface area contributed by atoms with Crippen LogP contribution in [0.2, 0.25) is 0 Å². The van der Waals surface area contributed by atoms with Crippen molar-refractivity contribution < 1.29 is 14.3 Å². The average Bonchev–Trinajstić information content (AvgIpc) is 3.29. The van der Waals surface area contributed by atoms with E-state index < -0.39 is 5.97 Å². The third-order valence-corrected chi connectivity index (χ3v) is 5.79. The van der Waals surface area contributed by atoms with Gasteiger partial charge in [-0.25, -0.2) is 4.79 Å². The zero-order valence-corrected chi connectivity index (χ0v) is 18.3. The van der Waals surface area contributed by atoms with Gasteiger partial charge in [0.15, 0.2) is 6.61 Å². The Morgan fingerprint density at radius 1 is 0.968 bits per heavy atom. The summed E-state index contributed by atoms with van der Waals surface area (Å²) in [5.41, 5.74) is 2.58. The van der Waals surface area contributed by atoms with Crippen LogP contribution in [0, 0.1) is 0 Å². The van der Waals surface area contributed by atoms with Gasteiger partial charge in [0, 0.05) is 26.2 Å². The molecule has 0 aliphatic carbocycles. The number of piperazine rings is 1. The Balaban J connectivity index is 1.44. The van der Waals surface area contributed by atoms with E-state index in [0.717, 1.165) is 37.9 Å². The molecule has 31 heavy (non-hydrogen) atoms. The highest BCUT2D eigenvalue weighted by Crippen LogP contribution is 2.32. The average molecular weight is 439 g/mol. The fourth-order valence-electron chi connectivity index (χ4n) is 3.87. The highest BCUT2D eigenvalue weighted by atomic mass is 32.1. The van der Waals surface area contributed by atoms with Crippen LogP contribution in [0.1, 0.15) is 24.1 Å². The summed E-state index contributed by atoms with van der Waals surface area (Å²) in [6.45, 7) is 5.30. The van der Waals surface area contributed by atoms with Crippen molar-refractivity contribution in [2.45, 2.75) is 13.0 Å². The van der Waals surface area contributed by atoms with E-state index in [2.05, 4.69) is 79.2 Å². The van der Waals surface area contributed by atoms with E-state index in [9.17, 15) is 4.79 Å². The zero-order valence-electron chi connectivity index (χ0n) is 17.5. The van der Waals surface area contributed by atoms with E-state index in [1.54, 1.807) is 6.92 Å². The fourth-order valence-corrected chi connectivity index (χ4v) is 4.39. The van der Waals surface area contributed by atoms with Gasteiger partial charge in [-0.3, -0.25) is 4.90 Å². The van der Waals surface area contributed by atoms with Gasteiger partial charge in [-0.15, -0.1) is 4.37 Å². The molecular weight excluding hydrogens is 412 g/mol. The molecule has 0 saturated carbocycles. The second-order valence-electron chi connectivity index (χ2n) is 7.23. The summed E-state index contributed by atoms with van der Waals surface area (Å²) < 4.78 is 19.1. The molecule has 0 N–H and O–H groups in total. The van der Waals surface area contributed by atoms with Crippen LogP contribution in [-0.2, 0) is 9.53 Å². The van der Waals surface area contributed by atoms with E-state index in [0.29, 0.717) is 18.3 Å². The predicted molar refractivity (Wildman–Crippen MR) is 121 cm³/mol. The minimum Gasteiger partial charge on any atom is -0.463 e. The predicted octanol–water partition coefficient (Wildman–Crippen LogP) is 3.39. The van der Waals surface area contributed by atoms with Gasteiger partial charge in [-0.1, -0.05) is 60.7 Å². The van der Waals surface area contributed by atoms with Crippen molar-refractivity contribution in [1.29, 1.82) is 0 Å². The Kier molecular flexibility index (Phi) is 7.11. The van der Waals surface area contributed by atoms with Crippen LogP contribution in [0.4, 0.5) is 5.82 Å². The van der Waals surface area contributed by atoms with Gasteiger partial charge in [0.25, 0.3) is 5.88 Å². The number of nitrogens with zero attached hydrogens (tertiary/aromatic N) is 4. The molecule has 2 aromatic carbocycles. The third-order valence-electron chi connectivity index (χ3n) is 5.28. The van der Waals surface area contributed by atoms with Crippen LogP contribution in [0.15, 0.2) is 60.7 Å². The van der Waals surface area contributed by atoms with Crippen LogP contribution in [0.25, 0.3) is 0 Å². The van der Waals surface area contributed by atoms with Gasteiger partial charge in [0.05, 0.1) is 24.4 Å². The Morgan fingerprint density at radius 2 is 1.58 bits per heavy atom. The highest BCUT2D eigenvalue weighted by molar-refractivity contribution is 6.99. The van der Waals surface area contributed by atoms with Crippen molar-refractivity contribution in [1.82, 2.24) is 13.6 Å². The number of ether oxygens (including phenoxy) is 2. The van der Waals surface area contributed by atoms with Crippen LogP contribution >= 0.6 is 11.7 Å². The molecule has 2 heterocycles. The molecule has 0 radical (unpaired) electrons. The number of hydrogen-bond donors (Lipinski definition) is 0. The number of rotatable bonds is 8. The Hall–Kier alpha value is -2.97. The zero-order chi connectivity index (χ0) is 21.5. The molecule has 0 unspecified atom stereocenters. The molecule has 1 aliphatic heterocycles. The van der Waals surface area contributed by atoms with Crippen molar-refractivity contribution in [3.63, 3.8) is 0 Å². The maximum atomic E-state index is 11.6. The number of aromatic nitrogens is 2. The lowest BCUT2D eigenvalue weighted by molar-refractivity contribution is -0.145. The second kappa shape index (κ2) is 10.4. The maximum absolute atomic E-state index is 11.6. The Labute approximate surface area is 186 Å². The maximum Gasteiger partial charge on any atom is 0.344 e. The Morgan fingerprint density at radius 3 is 2.16 bits per heavy atom. The minimum atomic E-state index is -0.403.